The van der Waals surface area contributed by atoms with Gasteiger partial charge in [0.15, 0.2) is 6.10 Å². The van der Waals surface area contributed by atoms with E-state index in [0.717, 1.165) is 0 Å². The molecule has 1 fully saturated rings. The van der Waals surface area contributed by atoms with Gasteiger partial charge in [0.25, 0.3) is 5.91 Å². The van der Waals surface area contributed by atoms with Crippen molar-refractivity contribution in [1.29, 1.82) is 0 Å². The van der Waals surface area contributed by atoms with Gasteiger partial charge in [-0.1, -0.05) is 0 Å². The van der Waals surface area contributed by atoms with E-state index in [-0.39, 0.29) is 31.0 Å². The SMILES string of the molecule is CCOc1ccc(C(=O)NCC(=O)N2CC(C(=O)O)O[C@H](C)C2)cc1. The Balaban J connectivity index is 1.88. The first-order valence-electron chi connectivity index (χ1n) is 8.07. The largest absolute Gasteiger partial charge is 0.494 e. The number of morpholine rings is 1. The lowest BCUT2D eigenvalue weighted by atomic mass is 10.2. The normalized spacial score (nSPS) is 20.0. The molecule has 25 heavy (non-hydrogen) atoms. The van der Waals surface area contributed by atoms with Gasteiger partial charge in [-0.2, -0.15) is 0 Å². The molecule has 136 valence electrons. The third-order valence-corrected chi connectivity index (χ3v) is 3.72. The summed E-state index contributed by atoms with van der Waals surface area (Å²) in [6.45, 7) is 4.17. The maximum Gasteiger partial charge on any atom is 0.334 e. The molecule has 1 unspecified atom stereocenters. The van der Waals surface area contributed by atoms with E-state index in [9.17, 15) is 14.4 Å². The van der Waals surface area contributed by atoms with Gasteiger partial charge in [0.1, 0.15) is 5.75 Å². The lowest BCUT2D eigenvalue weighted by Crippen LogP contribution is -2.53. The smallest absolute Gasteiger partial charge is 0.334 e. The molecule has 1 heterocycles. The zero-order valence-electron chi connectivity index (χ0n) is 14.2. The second kappa shape index (κ2) is 8.48. The molecule has 0 aliphatic carbocycles. The number of nitrogens with one attached hydrogen (secondary N) is 1. The Morgan fingerprint density at radius 3 is 2.56 bits per heavy atom. The monoisotopic (exact) mass is 350 g/mol. The molecule has 0 saturated carbocycles. The van der Waals surface area contributed by atoms with E-state index in [1.807, 2.05) is 6.92 Å². The number of ether oxygens (including phenoxy) is 2. The highest BCUT2D eigenvalue weighted by Crippen LogP contribution is 2.13. The number of amides is 2. The van der Waals surface area contributed by atoms with Crippen molar-refractivity contribution >= 4 is 17.8 Å². The lowest BCUT2D eigenvalue weighted by Gasteiger charge is -2.34. The first-order valence-corrected chi connectivity index (χ1v) is 8.07. The molecule has 8 heteroatoms. The minimum absolute atomic E-state index is 0.0303. The molecule has 0 spiro atoms. The van der Waals surface area contributed by atoms with Crippen LogP contribution in [0.1, 0.15) is 24.2 Å². The van der Waals surface area contributed by atoms with Gasteiger partial charge < -0.3 is 24.8 Å². The van der Waals surface area contributed by atoms with Gasteiger partial charge in [0, 0.05) is 12.1 Å². The van der Waals surface area contributed by atoms with Crippen molar-refractivity contribution in [2.45, 2.75) is 26.1 Å². The van der Waals surface area contributed by atoms with Crippen molar-refractivity contribution < 1.29 is 29.0 Å². The van der Waals surface area contributed by atoms with Gasteiger partial charge in [-0.3, -0.25) is 9.59 Å². The summed E-state index contributed by atoms with van der Waals surface area (Å²) in [5.74, 6) is -1.17. The maximum atomic E-state index is 12.2. The van der Waals surface area contributed by atoms with E-state index < -0.39 is 12.1 Å². The van der Waals surface area contributed by atoms with Crippen molar-refractivity contribution in [1.82, 2.24) is 10.2 Å². The van der Waals surface area contributed by atoms with Crippen LogP contribution in [0.3, 0.4) is 0 Å². The van der Waals surface area contributed by atoms with Crippen molar-refractivity contribution in [3.05, 3.63) is 29.8 Å². The zero-order valence-corrected chi connectivity index (χ0v) is 14.2. The average Bonchev–Trinajstić information content (AvgIpc) is 2.59. The Hall–Kier alpha value is -2.61. The van der Waals surface area contributed by atoms with Crippen LogP contribution < -0.4 is 10.1 Å². The average molecular weight is 350 g/mol. The fourth-order valence-electron chi connectivity index (χ4n) is 2.53. The van der Waals surface area contributed by atoms with Crippen LogP contribution >= 0.6 is 0 Å². The maximum absolute atomic E-state index is 12.2. The van der Waals surface area contributed by atoms with Gasteiger partial charge in [-0.25, -0.2) is 4.79 Å². The summed E-state index contributed by atoms with van der Waals surface area (Å²) in [6.07, 6.45) is -1.42. The Labute approximate surface area is 145 Å². The Morgan fingerprint density at radius 2 is 1.96 bits per heavy atom. The summed E-state index contributed by atoms with van der Waals surface area (Å²) < 4.78 is 10.6. The van der Waals surface area contributed by atoms with Crippen molar-refractivity contribution in [3.8, 4) is 5.75 Å². The van der Waals surface area contributed by atoms with Gasteiger partial charge in [-0.15, -0.1) is 0 Å². The number of hydrogen-bond acceptors (Lipinski definition) is 5. The van der Waals surface area contributed by atoms with Crippen LogP contribution in [0.2, 0.25) is 0 Å². The molecule has 0 aromatic heterocycles. The number of rotatable bonds is 6. The number of aliphatic carboxylic acids is 1. The zero-order chi connectivity index (χ0) is 18.4. The van der Waals surface area contributed by atoms with Crippen molar-refractivity contribution in [2.24, 2.45) is 0 Å². The highest BCUT2D eigenvalue weighted by molar-refractivity contribution is 5.96. The van der Waals surface area contributed by atoms with E-state index in [1.54, 1.807) is 31.2 Å². The minimum atomic E-state index is -1.11. The molecule has 2 N–H and O–H groups in total. The number of carbonyl (C=O) groups excluding carboxylic acids is 2. The molecule has 2 atom stereocenters. The quantitative estimate of drug-likeness (QED) is 0.775. The molecule has 1 aromatic carbocycles. The van der Waals surface area contributed by atoms with Crippen LogP contribution in [0.25, 0.3) is 0 Å². The van der Waals surface area contributed by atoms with Crippen LogP contribution in [0.15, 0.2) is 24.3 Å². The fourth-order valence-corrected chi connectivity index (χ4v) is 2.53. The van der Waals surface area contributed by atoms with E-state index in [0.29, 0.717) is 24.5 Å². The van der Waals surface area contributed by atoms with Gasteiger partial charge in [-0.05, 0) is 38.1 Å². The van der Waals surface area contributed by atoms with E-state index in [4.69, 9.17) is 14.6 Å². The minimum Gasteiger partial charge on any atom is -0.494 e. The molecule has 0 radical (unpaired) electrons. The molecule has 1 saturated heterocycles. The van der Waals surface area contributed by atoms with Gasteiger partial charge >= 0.3 is 5.97 Å². The molecule has 8 nitrogen and oxygen atoms in total. The number of benzene rings is 1. The molecule has 0 bridgehead atoms. The predicted octanol–water partition coefficient (Wildman–Crippen LogP) is 0.516. The van der Waals surface area contributed by atoms with Gasteiger partial charge in [0.05, 0.1) is 25.8 Å². The molecule has 1 aliphatic rings. The second-order valence-electron chi connectivity index (χ2n) is 5.71. The van der Waals surface area contributed by atoms with E-state index in [1.165, 1.54) is 4.90 Å². The molecule has 1 aliphatic heterocycles. The van der Waals surface area contributed by atoms with E-state index in [2.05, 4.69) is 5.32 Å². The second-order valence-corrected chi connectivity index (χ2v) is 5.71. The number of hydrogen-bond donors (Lipinski definition) is 2. The van der Waals surface area contributed by atoms with Crippen molar-refractivity contribution in [2.75, 3.05) is 26.2 Å². The number of carboxylic acid groups (broad SMARTS) is 1. The number of nitrogens with zero attached hydrogens (tertiary/aromatic N) is 1. The summed E-state index contributed by atoms with van der Waals surface area (Å²) in [5, 5.41) is 11.6. The Bertz CT molecular complexity index is 631. The molecular formula is C17H22N2O6. The molecule has 2 rings (SSSR count). The van der Waals surface area contributed by atoms with Crippen LogP contribution in [0, 0.1) is 0 Å². The number of carboxylic acids is 1. The van der Waals surface area contributed by atoms with Gasteiger partial charge in [0.2, 0.25) is 5.91 Å². The molecule has 2 amide bonds. The van der Waals surface area contributed by atoms with Crippen LogP contribution in [-0.2, 0) is 14.3 Å². The number of carbonyl (C=O) groups is 3. The highest BCUT2D eigenvalue weighted by Gasteiger charge is 2.32. The van der Waals surface area contributed by atoms with Crippen LogP contribution in [-0.4, -0.2) is 66.2 Å². The summed E-state index contributed by atoms with van der Waals surface area (Å²) >= 11 is 0. The summed E-state index contributed by atoms with van der Waals surface area (Å²) in [5.41, 5.74) is 0.412. The molecule has 1 aromatic rings. The van der Waals surface area contributed by atoms with Crippen molar-refractivity contribution in [3.63, 3.8) is 0 Å². The summed E-state index contributed by atoms with van der Waals surface area (Å²) in [4.78, 5) is 36.8. The van der Waals surface area contributed by atoms with Crippen LogP contribution in [0.5, 0.6) is 5.75 Å². The standard InChI is InChI=1S/C17H22N2O6/c1-3-24-13-6-4-12(5-7-13)16(21)18-8-15(20)19-9-11(2)25-14(10-19)17(22)23/h4-7,11,14H,3,8-10H2,1-2H3,(H,18,21)(H,22,23)/t11-,14?/m1/s1. The first-order chi connectivity index (χ1) is 11.9. The highest BCUT2D eigenvalue weighted by atomic mass is 16.5. The third-order valence-electron chi connectivity index (χ3n) is 3.72. The fraction of sp³-hybridized carbons (Fsp3) is 0.471. The third kappa shape index (κ3) is 5.18. The summed E-state index contributed by atoms with van der Waals surface area (Å²) in [7, 11) is 0. The lowest BCUT2D eigenvalue weighted by molar-refractivity contribution is -0.166. The first kappa shape index (κ1) is 18.7. The van der Waals surface area contributed by atoms with E-state index >= 15 is 0 Å². The summed E-state index contributed by atoms with van der Waals surface area (Å²) in [6, 6.07) is 6.59. The predicted molar refractivity (Wildman–Crippen MR) is 88.5 cm³/mol. The topological polar surface area (TPSA) is 105 Å². The van der Waals surface area contributed by atoms with Crippen LogP contribution in [0.4, 0.5) is 0 Å². The molecular weight excluding hydrogens is 328 g/mol. The Kier molecular flexibility index (Phi) is 6.35. The Morgan fingerprint density at radius 1 is 1.28 bits per heavy atom.